The van der Waals surface area contributed by atoms with Crippen LogP contribution >= 0.6 is 0 Å². The smallest absolute Gasteiger partial charge is 0.155 e. The highest BCUT2D eigenvalue weighted by molar-refractivity contribution is 5.89. The van der Waals surface area contributed by atoms with E-state index in [1.807, 2.05) is 20.8 Å². The number of Topliss-reactive ketones (excluding diaryl/α,β-unsaturated/α-hetero) is 1. The molecule has 0 radical (unpaired) electrons. The van der Waals surface area contributed by atoms with E-state index in [2.05, 4.69) is 32.6 Å². The zero-order valence-electron chi connectivity index (χ0n) is 11.9. The predicted molar refractivity (Wildman–Crippen MR) is 68.5 cm³/mol. The number of likely N-dealkylation sites (tertiary alicyclic amines) is 1. The molecule has 94 valence electrons. The van der Waals surface area contributed by atoms with Crippen LogP contribution in [0, 0.1) is 11.3 Å². The van der Waals surface area contributed by atoms with E-state index in [0.29, 0.717) is 11.7 Å². The molecule has 1 rings (SSSR count). The van der Waals surface area contributed by atoms with Gasteiger partial charge in [-0.1, -0.05) is 27.7 Å². The van der Waals surface area contributed by atoms with E-state index in [-0.39, 0.29) is 17.0 Å². The van der Waals surface area contributed by atoms with Gasteiger partial charge in [-0.3, -0.25) is 9.69 Å². The van der Waals surface area contributed by atoms with Crippen LogP contribution in [0.25, 0.3) is 0 Å². The van der Waals surface area contributed by atoms with Gasteiger partial charge in [0.05, 0.1) is 6.04 Å². The Balaban J connectivity index is 2.91. The minimum Gasteiger partial charge on any atom is -0.297 e. The number of ketones is 1. The molecule has 1 fully saturated rings. The van der Waals surface area contributed by atoms with Gasteiger partial charge in [-0.25, -0.2) is 0 Å². The van der Waals surface area contributed by atoms with Crippen molar-refractivity contribution in [3.8, 4) is 0 Å². The molecule has 2 atom stereocenters. The second-order valence-corrected chi connectivity index (χ2v) is 7.29. The first-order valence-electron chi connectivity index (χ1n) is 6.34. The summed E-state index contributed by atoms with van der Waals surface area (Å²) in [5.41, 5.74) is -0.130. The molecule has 1 heterocycles. The number of nitrogens with zero attached hydrogens (tertiary/aromatic N) is 1. The second-order valence-electron chi connectivity index (χ2n) is 7.29. The van der Waals surface area contributed by atoms with Gasteiger partial charge >= 0.3 is 0 Å². The molecular weight excluding hydrogens is 198 g/mol. The lowest BCUT2D eigenvalue weighted by Gasteiger charge is -2.38. The van der Waals surface area contributed by atoms with Crippen molar-refractivity contribution in [1.29, 1.82) is 0 Å². The lowest BCUT2D eigenvalue weighted by molar-refractivity contribution is -0.132. The summed E-state index contributed by atoms with van der Waals surface area (Å²) in [5, 5.41) is 0. The molecule has 0 aromatic rings. The van der Waals surface area contributed by atoms with Gasteiger partial charge < -0.3 is 0 Å². The molecule has 0 N–H and O–H groups in total. The van der Waals surface area contributed by atoms with Gasteiger partial charge in [0, 0.05) is 17.5 Å². The van der Waals surface area contributed by atoms with Crippen LogP contribution in [0.4, 0.5) is 0 Å². The number of carbonyl (C=O) groups is 1. The molecule has 0 aliphatic carbocycles. The molecule has 1 unspecified atom stereocenters. The third-order valence-electron chi connectivity index (χ3n) is 3.41. The molecule has 2 heteroatoms. The molecule has 2 nitrogen and oxygen atoms in total. The highest BCUT2D eigenvalue weighted by Crippen LogP contribution is 2.34. The van der Waals surface area contributed by atoms with Crippen molar-refractivity contribution in [3.63, 3.8) is 0 Å². The molecule has 0 amide bonds. The summed E-state index contributed by atoms with van der Waals surface area (Å²) in [4.78, 5) is 14.8. The maximum atomic E-state index is 12.4. The Morgan fingerprint density at radius 1 is 1.12 bits per heavy atom. The summed E-state index contributed by atoms with van der Waals surface area (Å²) in [5.74, 6) is 1.03. The summed E-state index contributed by atoms with van der Waals surface area (Å²) in [6, 6.07) is 0.120. The molecule has 1 saturated heterocycles. The molecule has 1 aliphatic heterocycles. The van der Waals surface area contributed by atoms with E-state index in [4.69, 9.17) is 0 Å². The summed E-state index contributed by atoms with van der Waals surface area (Å²) < 4.78 is 0. The highest BCUT2D eigenvalue weighted by Gasteiger charge is 2.43. The van der Waals surface area contributed by atoms with E-state index in [1.54, 1.807) is 0 Å². The van der Waals surface area contributed by atoms with Crippen molar-refractivity contribution in [2.45, 2.75) is 66.5 Å². The number of hydrogen-bond donors (Lipinski definition) is 0. The summed E-state index contributed by atoms with van der Waals surface area (Å²) >= 11 is 0. The van der Waals surface area contributed by atoms with Crippen LogP contribution in [0.15, 0.2) is 0 Å². The maximum absolute atomic E-state index is 12.4. The minimum atomic E-state index is -0.224. The Kier molecular flexibility index (Phi) is 3.54. The normalized spacial score (nSPS) is 28.4. The van der Waals surface area contributed by atoms with Crippen LogP contribution < -0.4 is 0 Å². The molecule has 0 spiro atoms. The molecule has 16 heavy (non-hydrogen) atoms. The Labute approximate surface area is 100 Å². The van der Waals surface area contributed by atoms with E-state index in [1.165, 1.54) is 0 Å². The standard InChI is InChI=1S/C14H27NO/c1-10-8-11(12(16)13(2,3)4)15(9-10)14(5,6)7/h10-11H,8-9H2,1-7H3/t10?,11-/m0/s1. The van der Waals surface area contributed by atoms with Crippen molar-refractivity contribution in [1.82, 2.24) is 4.90 Å². The van der Waals surface area contributed by atoms with Crippen LogP contribution in [0.3, 0.4) is 0 Å². The van der Waals surface area contributed by atoms with Crippen molar-refractivity contribution >= 4 is 5.78 Å². The van der Waals surface area contributed by atoms with Gasteiger partial charge in [0.2, 0.25) is 0 Å². The Hall–Kier alpha value is -0.370. The zero-order valence-corrected chi connectivity index (χ0v) is 11.9. The van der Waals surface area contributed by atoms with Crippen molar-refractivity contribution in [2.24, 2.45) is 11.3 Å². The van der Waals surface area contributed by atoms with Gasteiger partial charge in [0.1, 0.15) is 0 Å². The van der Waals surface area contributed by atoms with Gasteiger partial charge in [-0.15, -0.1) is 0 Å². The third-order valence-corrected chi connectivity index (χ3v) is 3.41. The lowest BCUT2D eigenvalue weighted by Crippen LogP contribution is -2.50. The zero-order chi connectivity index (χ0) is 12.7. The van der Waals surface area contributed by atoms with E-state index < -0.39 is 0 Å². The van der Waals surface area contributed by atoms with Crippen molar-refractivity contribution < 1.29 is 4.79 Å². The van der Waals surface area contributed by atoms with Gasteiger partial charge in [-0.2, -0.15) is 0 Å². The Morgan fingerprint density at radius 2 is 1.62 bits per heavy atom. The fourth-order valence-electron chi connectivity index (χ4n) is 2.54. The fourth-order valence-corrected chi connectivity index (χ4v) is 2.54. The van der Waals surface area contributed by atoms with Crippen LogP contribution in [-0.2, 0) is 4.79 Å². The topological polar surface area (TPSA) is 20.3 Å². The first kappa shape index (κ1) is 13.7. The largest absolute Gasteiger partial charge is 0.297 e. The van der Waals surface area contributed by atoms with Gasteiger partial charge in [-0.05, 0) is 33.1 Å². The van der Waals surface area contributed by atoms with Gasteiger partial charge in [0.25, 0.3) is 0 Å². The monoisotopic (exact) mass is 225 g/mol. The molecular formula is C14H27NO. The Bertz CT molecular complexity index is 269. The first-order valence-corrected chi connectivity index (χ1v) is 6.34. The first-order chi connectivity index (χ1) is 7.03. The van der Waals surface area contributed by atoms with Crippen molar-refractivity contribution in [2.75, 3.05) is 6.54 Å². The van der Waals surface area contributed by atoms with Crippen molar-refractivity contribution in [3.05, 3.63) is 0 Å². The number of hydrogen-bond acceptors (Lipinski definition) is 2. The van der Waals surface area contributed by atoms with Crippen LogP contribution in [0.1, 0.15) is 54.9 Å². The van der Waals surface area contributed by atoms with E-state index in [9.17, 15) is 4.79 Å². The van der Waals surface area contributed by atoms with E-state index in [0.717, 1.165) is 13.0 Å². The average Bonchev–Trinajstić information content (AvgIpc) is 2.43. The summed E-state index contributed by atoms with van der Waals surface area (Å²) in [7, 11) is 0. The van der Waals surface area contributed by atoms with Crippen LogP contribution in [0.2, 0.25) is 0 Å². The van der Waals surface area contributed by atoms with Crippen LogP contribution in [-0.4, -0.2) is 28.8 Å². The average molecular weight is 225 g/mol. The highest BCUT2D eigenvalue weighted by atomic mass is 16.1. The number of carbonyl (C=O) groups excluding carboxylic acids is 1. The molecule has 1 aliphatic rings. The fraction of sp³-hybridized carbons (Fsp3) is 0.929. The second kappa shape index (κ2) is 4.14. The Morgan fingerprint density at radius 3 is 2.00 bits per heavy atom. The minimum absolute atomic E-state index is 0.0936. The van der Waals surface area contributed by atoms with E-state index >= 15 is 0 Å². The molecule has 0 aromatic heterocycles. The summed E-state index contributed by atoms with van der Waals surface area (Å²) in [6.45, 7) is 16.0. The van der Waals surface area contributed by atoms with Gasteiger partial charge in [0.15, 0.2) is 5.78 Å². The maximum Gasteiger partial charge on any atom is 0.155 e. The predicted octanol–water partition coefficient (Wildman–Crippen LogP) is 3.11. The SMILES string of the molecule is CC1C[C@@H](C(=O)C(C)(C)C)N(C(C)(C)C)C1. The quantitative estimate of drug-likeness (QED) is 0.683. The summed E-state index contributed by atoms with van der Waals surface area (Å²) in [6.07, 6.45) is 1.02. The van der Waals surface area contributed by atoms with Crippen LogP contribution in [0.5, 0.6) is 0 Å². The lowest BCUT2D eigenvalue weighted by atomic mass is 9.84. The third kappa shape index (κ3) is 2.85. The number of rotatable bonds is 1. The molecule has 0 bridgehead atoms. The molecule has 0 saturated carbocycles. The molecule has 0 aromatic carbocycles.